The molecule has 2 aliphatic heterocycles. The van der Waals surface area contributed by atoms with E-state index in [1.807, 2.05) is 0 Å². The van der Waals surface area contributed by atoms with Crippen molar-refractivity contribution in [3.8, 4) is 0 Å². The van der Waals surface area contributed by atoms with Crippen LogP contribution in [-0.4, -0.2) is 23.8 Å². The van der Waals surface area contributed by atoms with Crippen LogP contribution in [0.5, 0.6) is 0 Å². The SMILES string of the molecule is CN1Cc2ccccc2[C@H]2C(c3ccccc3)=NN(c3ccccc3)[C@@H]21. The lowest BCUT2D eigenvalue weighted by molar-refractivity contribution is 0.209. The van der Waals surface area contributed by atoms with Crippen molar-refractivity contribution in [1.29, 1.82) is 0 Å². The van der Waals surface area contributed by atoms with E-state index < -0.39 is 0 Å². The Labute approximate surface area is 154 Å². The second kappa shape index (κ2) is 6.11. The van der Waals surface area contributed by atoms with Gasteiger partial charge in [-0.25, -0.2) is 5.01 Å². The molecule has 26 heavy (non-hydrogen) atoms. The van der Waals surface area contributed by atoms with Gasteiger partial charge in [0.15, 0.2) is 0 Å². The second-order valence-corrected chi connectivity index (χ2v) is 7.04. The average molecular weight is 339 g/mol. The smallest absolute Gasteiger partial charge is 0.117 e. The van der Waals surface area contributed by atoms with E-state index in [-0.39, 0.29) is 12.1 Å². The number of likely N-dealkylation sites (N-methyl/N-ethyl adjacent to an activating group) is 1. The number of benzene rings is 3. The lowest BCUT2D eigenvalue weighted by Gasteiger charge is -2.40. The van der Waals surface area contributed by atoms with Gasteiger partial charge in [0, 0.05) is 6.54 Å². The molecule has 3 aromatic rings. The van der Waals surface area contributed by atoms with Gasteiger partial charge in [-0.2, -0.15) is 5.10 Å². The molecule has 0 saturated heterocycles. The largest absolute Gasteiger partial charge is 0.280 e. The van der Waals surface area contributed by atoms with E-state index in [9.17, 15) is 0 Å². The zero-order valence-corrected chi connectivity index (χ0v) is 14.8. The van der Waals surface area contributed by atoms with Crippen LogP contribution in [0.4, 0.5) is 5.69 Å². The van der Waals surface area contributed by atoms with Gasteiger partial charge in [0.2, 0.25) is 0 Å². The van der Waals surface area contributed by atoms with E-state index in [0.29, 0.717) is 0 Å². The van der Waals surface area contributed by atoms with Crippen LogP contribution < -0.4 is 5.01 Å². The molecule has 0 fully saturated rings. The number of hydrazone groups is 1. The topological polar surface area (TPSA) is 18.8 Å². The first-order valence-electron chi connectivity index (χ1n) is 9.09. The summed E-state index contributed by atoms with van der Waals surface area (Å²) in [5.74, 6) is 0.243. The maximum Gasteiger partial charge on any atom is 0.117 e. The van der Waals surface area contributed by atoms with Gasteiger partial charge in [-0.15, -0.1) is 0 Å². The number of hydrogen-bond donors (Lipinski definition) is 0. The molecule has 0 N–H and O–H groups in total. The van der Waals surface area contributed by atoms with Crippen LogP contribution in [0.25, 0.3) is 0 Å². The molecule has 0 aliphatic carbocycles. The normalized spacial score (nSPS) is 21.9. The summed E-state index contributed by atoms with van der Waals surface area (Å²) in [4.78, 5) is 2.42. The van der Waals surface area contributed by atoms with E-state index in [1.54, 1.807) is 0 Å². The first kappa shape index (κ1) is 15.4. The van der Waals surface area contributed by atoms with Crippen molar-refractivity contribution in [3.05, 3.63) is 102 Å². The summed E-state index contributed by atoms with van der Waals surface area (Å²) < 4.78 is 0. The standard InChI is InChI=1S/C23H21N3/c1-25-16-18-12-8-9-15-20(18)21-22(17-10-4-2-5-11-17)24-26(23(21)25)19-13-6-3-7-14-19/h2-15,21,23H,16H2,1H3/t21-,23-/m0/s1. The predicted molar refractivity (Wildman–Crippen MR) is 106 cm³/mol. The van der Waals surface area contributed by atoms with Gasteiger partial charge in [-0.1, -0.05) is 72.8 Å². The molecule has 0 unspecified atom stereocenters. The quantitative estimate of drug-likeness (QED) is 0.686. The highest BCUT2D eigenvalue weighted by Crippen LogP contribution is 2.42. The predicted octanol–water partition coefficient (Wildman–Crippen LogP) is 4.47. The molecule has 2 atom stereocenters. The second-order valence-electron chi connectivity index (χ2n) is 7.04. The molecule has 0 amide bonds. The Morgan fingerprint density at radius 2 is 1.46 bits per heavy atom. The lowest BCUT2D eigenvalue weighted by Crippen LogP contribution is -2.48. The Morgan fingerprint density at radius 3 is 2.23 bits per heavy atom. The third kappa shape index (κ3) is 2.36. The summed E-state index contributed by atoms with van der Waals surface area (Å²) in [6, 6.07) is 29.9. The van der Waals surface area contributed by atoms with Crippen molar-refractivity contribution >= 4 is 11.4 Å². The van der Waals surface area contributed by atoms with Crippen molar-refractivity contribution in [1.82, 2.24) is 4.90 Å². The van der Waals surface area contributed by atoms with E-state index >= 15 is 0 Å². The third-order valence-corrected chi connectivity index (χ3v) is 5.41. The van der Waals surface area contributed by atoms with Crippen LogP contribution in [0.1, 0.15) is 22.6 Å². The molecule has 5 rings (SSSR count). The molecule has 3 heteroatoms. The van der Waals surface area contributed by atoms with Gasteiger partial charge in [-0.05, 0) is 35.9 Å². The highest BCUT2D eigenvalue weighted by Gasteiger charge is 2.45. The Hall–Kier alpha value is -2.91. The molecule has 0 spiro atoms. The minimum atomic E-state index is 0.197. The van der Waals surface area contributed by atoms with Crippen LogP contribution in [0.15, 0.2) is 90.0 Å². The summed E-state index contributed by atoms with van der Waals surface area (Å²) in [6.45, 7) is 0.943. The van der Waals surface area contributed by atoms with Crippen LogP contribution in [0.3, 0.4) is 0 Å². The highest BCUT2D eigenvalue weighted by atomic mass is 15.6. The summed E-state index contributed by atoms with van der Waals surface area (Å²) in [7, 11) is 2.20. The van der Waals surface area contributed by atoms with Gasteiger partial charge < -0.3 is 0 Å². The number of para-hydroxylation sites is 1. The summed E-state index contributed by atoms with van der Waals surface area (Å²) in [5, 5.41) is 7.33. The van der Waals surface area contributed by atoms with Gasteiger partial charge in [0.1, 0.15) is 6.17 Å². The average Bonchev–Trinajstić information content (AvgIpc) is 3.11. The molecule has 2 aliphatic rings. The molecule has 0 bridgehead atoms. The minimum absolute atomic E-state index is 0.197. The number of rotatable bonds is 2. The first-order chi connectivity index (χ1) is 12.8. The van der Waals surface area contributed by atoms with E-state index in [0.717, 1.165) is 17.9 Å². The molecule has 0 saturated carbocycles. The first-order valence-corrected chi connectivity index (χ1v) is 9.09. The van der Waals surface area contributed by atoms with Crippen molar-refractivity contribution in [3.63, 3.8) is 0 Å². The van der Waals surface area contributed by atoms with Crippen molar-refractivity contribution in [2.75, 3.05) is 12.1 Å². The van der Waals surface area contributed by atoms with Crippen molar-refractivity contribution in [2.24, 2.45) is 5.10 Å². The number of fused-ring (bicyclic) bond motifs is 3. The molecule has 2 heterocycles. The van der Waals surface area contributed by atoms with Crippen molar-refractivity contribution in [2.45, 2.75) is 18.6 Å². The number of hydrogen-bond acceptors (Lipinski definition) is 3. The lowest BCUT2D eigenvalue weighted by atomic mass is 9.82. The minimum Gasteiger partial charge on any atom is -0.280 e. The Balaban J connectivity index is 1.70. The Bertz CT molecular complexity index is 949. The van der Waals surface area contributed by atoms with Gasteiger partial charge in [0.05, 0.1) is 17.3 Å². The molecular formula is C23H21N3. The fraction of sp³-hybridized carbons (Fsp3) is 0.174. The molecular weight excluding hydrogens is 318 g/mol. The fourth-order valence-corrected chi connectivity index (χ4v) is 4.25. The summed E-state index contributed by atoms with van der Waals surface area (Å²) >= 11 is 0. The van der Waals surface area contributed by atoms with E-state index in [2.05, 4.69) is 102 Å². The molecule has 3 aromatic carbocycles. The third-order valence-electron chi connectivity index (χ3n) is 5.41. The van der Waals surface area contributed by atoms with Gasteiger partial charge >= 0.3 is 0 Å². The van der Waals surface area contributed by atoms with Crippen LogP contribution in [0.2, 0.25) is 0 Å². The molecule has 3 nitrogen and oxygen atoms in total. The van der Waals surface area contributed by atoms with Crippen LogP contribution in [-0.2, 0) is 6.54 Å². The van der Waals surface area contributed by atoms with Gasteiger partial charge in [-0.3, -0.25) is 4.90 Å². The summed E-state index contributed by atoms with van der Waals surface area (Å²) in [6.07, 6.45) is 0.197. The van der Waals surface area contributed by atoms with E-state index in [1.165, 1.54) is 16.7 Å². The maximum absolute atomic E-state index is 5.13. The van der Waals surface area contributed by atoms with Crippen LogP contribution in [0, 0.1) is 0 Å². The zero-order chi connectivity index (χ0) is 17.5. The molecule has 128 valence electrons. The number of anilines is 1. The monoisotopic (exact) mass is 339 g/mol. The summed E-state index contributed by atoms with van der Waals surface area (Å²) in [5.41, 5.74) is 6.29. The van der Waals surface area contributed by atoms with Crippen molar-refractivity contribution < 1.29 is 0 Å². The van der Waals surface area contributed by atoms with Gasteiger partial charge in [0.25, 0.3) is 0 Å². The number of nitrogens with zero attached hydrogens (tertiary/aromatic N) is 3. The molecule has 0 aromatic heterocycles. The fourth-order valence-electron chi connectivity index (χ4n) is 4.25. The van der Waals surface area contributed by atoms with Crippen LogP contribution >= 0.6 is 0 Å². The maximum atomic E-state index is 5.13. The Kier molecular flexibility index (Phi) is 3.61. The zero-order valence-electron chi connectivity index (χ0n) is 14.8. The molecule has 0 radical (unpaired) electrons. The highest BCUT2D eigenvalue weighted by molar-refractivity contribution is 6.08. The Morgan fingerprint density at radius 1 is 0.808 bits per heavy atom. The van der Waals surface area contributed by atoms with E-state index in [4.69, 9.17) is 5.10 Å².